The second-order valence-corrected chi connectivity index (χ2v) is 17.0. The molecule has 0 aliphatic carbocycles. The third kappa shape index (κ3) is 8.12. The van der Waals surface area contributed by atoms with E-state index in [1.165, 1.54) is 12.1 Å². The predicted octanol–water partition coefficient (Wildman–Crippen LogP) is 16.4. The van der Waals surface area contributed by atoms with Gasteiger partial charge in [0.15, 0.2) is 23.2 Å². The van der Waals surface area contributed by atoms with Crippen molar-refractivity contribution in [1.82, 2.24) is 19.5 Å². The van der Waals surface area contributed by atoms with Gasteiger partial charge in [0.1, 0.15) is 0 Å². The van der Waals surface area contributed by atoms with Crippen molar-refractivity contribution < 1.29 is 13.2 Å². The van der Waals surface area contributed by atoms with Crippen LogP contribution in [0.1, 0.15) is 16.7 Å². The number of benzene rings is 9. The summed E-state index contributed by atoms with van der Waals surface area (Å²) in [6, 6.07) is 66.8. The average Bonchev–Trinajstić information content (AvgIpc) is 3.73. The maximum Gasteiger partial charge on any atom is 0.416 e. The number of aromatic nitrogens is 4. The van der Waals surface area contributed by atoms with E-state index in [0.29, 0.717) is 45.4 Å². The number of alkyl halides is 3. The summed E-state index contributed by atoms with van der Waals surface area (Å²) in [7, 11) is 0. The van der Waals surface area contributed by atoms with Crippen molar-refractivity contribution in [3.8, 4) is 90.4 Å². The number of aryl methyl sites for hydroxylation is 1. The molecule has 0 N–H and O–H groups in total. The van der Waals surface area contributed by atoms with Crippen LogP contribution in [0.2, 0.25) is 0 Å². The van der Waals surface area contributed by atoms with Gasteiger partial charge in [-0.25, -0.2) is 19.8 Å². The highest BCUT2D eigenvalue weighted by molar-refractivity contribution is 6.13. The van der Waals surface area contributed by atoms with Gasteiger partial charge in [-0.15, -0.1) is 0 Å². The summed E-state index contributed by atoms with van der Waals surface area (Å²) in [5, 5.41) is 11.4. The zero-order valence-corrected chi connectivity index (χ0v) is 37.4. The number of halogens is 3. The molecule has 2 aromatic heterocycles. The largest absolute Gasteiger partial charge is 0.416 e. The Kier molecular flexibility index (Phi) is 10.9. The first-order chi connectivity index (χ1) is 34.1. The van der Waals surface area contributed by atoms with Gasteiger partial charge in [0.25, 0.3) is 0 Å². The van der Waals surface area contributed by atoms with Crippen molar-refractivity contribution in [2.75, 3.05) is 0 Å². The summed E-state index contributed by atoms with van der Waals surface area (Å²) in [5.74, 6) is 1.34. The van der Waals surface area contributed by atoms with Crippen LogP contribution in [0.25, 0.3) is 111 Å². The quantitative estimate of drug-likeness (QED) is 0.142. The molecule has 70 heavy (non-hydrogen) atoms. The SMILES string of the molecule is [C-]#[N+]c1ccc(-c2ccc3c(c2)c2cc(-c4ccc(C#N)cc4)ccc2n3-c2c(-c3ccc(C)cc3)cc(-c3nc(-c4ccccc4)nc(-c4ccccc4)n3)cc2-c2ccc(C(F)(F)F)cc2)cc1. The van der Waals surface area contributed by atoms with Gasteiger partial charge in [-0.1, -0.05) is 151 Å². The Morgan fingerprint density at radius 3 is 1.36 bits per heavy atom. The molecule has 11 aromatic rings. The van der Waals surface area contributed by atoms with Crippen LogP contribution in [0.3, 0.4) is 0 Å². The van der Waals surface area contributed by atoms with E-state index in [1.54, 1.807) is 12.1 Å². The molecule has 2 heterocycles. The van der Waals surface area contributed by atoms with Crippen LogP contribution in [0, 0.1) is 24.8 Å². The summed E-state index contributed by atoms with van der Waals surface area (Å²) in [4.78, 5) is 18.8. The molecule has 0 atom stereocenters. The van der Waals surface area contributed by atoms with Gasteiger partial charge < -0.3 is 4.57 Å². The van der Waals surface area contributed by atoms with E-state index in [9.17, 15) is 18.4 Å². The molecule has 0 radical (unpaired) electrons. The highest BCUT2D eigenvalue weighted by Crippen LogP contribution is 2.46. The minimum absolute atomic E-state index is 0.393. The minimum atomic E-state index is -4.55. The Hall–Kier alpha value is -9.44. The van der Waals surface area contributed by atoms with Gasteiger partial charge in [-0.2, -0.15) is 18.4 Å². The summed E-state index contributed by atoms with van der Waals surface area (Å²) < 4.78 is 45.0. The molecule has 0 saturated heterocycles. The number of hydrogen-bond acceptors (Lipinski definition) is 4. The Morgan fingerprint density at radius 1 is 0.471 bits per heavy atom. The summed E-state index contributed by atoms with van der Waals surface area (Å²) in [6.45, 7) is 9.55. The van der Waals surface area contributed by atoms with Crippen LogP contribution in [0.15, 0.2) is 206 Å². The van der Waals surface area contributed by atoms with Gasteiger partial charge in [0, 0.05) is 38.6 Å². The fourth-order valence-electron chi connectivity index (χ4n) is 9.04. The topological polar surface area (TPSA) is 71.8 Å². The summed E-state index contributed by atoms with van der Waals surface area (Å²) in [6.07, 6.45) is -4.55. The van der Waals surface area contributed by atoms with Crippen LogP contribution in [0.5, 0.6) is 0 Å². The van der Waals surface area contributed by atoms with Crippen LogP contribution in [-0.2, 0) is 6.18 Å². The maximum absolute atomic E-state index is 14.3. The molecular formula is C61H37F3N6. The number of nitrogens with zero attached hydrogens (tertiary/aromatic N) is 6. The molecule has 11 rings (SSSR count). The number of nitriles is 1. The molecule has 6 nitrogen and oxygen atoms in total. The van der Waals surface area contributed by atoms with E-state index in [-0.39, 0.29) is 0 Å². The first kappa shape index (κ1) is 43.1. The van der Waals surface area contributed by atoms with Crippen LogP contribution in [-0.4, -0.2) is 19.5 Å². The van der Waals surface area contributed by atoms with Crippen LogP contribution < -0.4 is 0 Å². The summed E-state index contributed by atoms with van der Waals surface area (Å²) in [5.41, 5.74) is 12.8. The summed E-state index contributed by atoms with van der Waals surface area (Å²) >= 11 is 0. The highest BCUT2D eigenvalue weighted by atomic mass is 19.4. The molecule has 9 aromatic carbocycles. The first-order valence-electron chi connectivity index (χ1n) is 22.5. The zero-order chi connectivity index (χ0) is 47.9. The fraction of sp³-hybridized carbons (Fsp3) is 0.0328. The van der Waals surface area contributed by atoms with Crippen molar-refractivity contribution in [2.24, 2.45) is 0 Å². The Morgan fingerprint density at radius 2 is 0.900 bits per heavy atom. The Balaban J connectivity index is 1.24. The molecule has 0 bridgehead atoms. The van der Waals surface area contributed by atoms with Crippen molar-refractivity contribution in [2.45, 2.75) is 13.1 Å². The monoisotopic (exact) mass is 910 g/mol. The van der Waals surface area contributed by atoms with E-state index in [1.807, 2.05) is 110 Å². The first-order valence-corrected chi connectivity index (χ1v) is 22.5. The standard InChI is InChI=1S/C61H37F3N6/c1-38-13-17-42(18-14-38)51-35-48(60-68-58(44-9-5-3-6-10-44)67-59(69-60)45-11-7-4-8-12-45)36-52(43-21-27-49(28-22-43)61(62,63)64)57(51)70-55-31-25-46(40-19-15-39(37-65)16-20-40)33-53(55)54-34-47(26-32-56(54)70)41-23-29-50(66-2)30-24-41/h3-36H,1H3. The Labute approximate surface area is 401 Å². The van der Waals surface area contributed by atoms with Gasteiger partial charge in [0.2, 0.25) is 0 Å². The second kappa shape index (κ2) is 17.7. The molecule has 0 fully saturated rings. The Bertz CT molecular complexity index is 3680. The third-order valence-corrected chi connectivity index (χ3v) is 12.6. The second-order valence-electron chi connectivity index (χ2n) is 17.0. The predicted molar refractivity (Wildman–Crippen MR) is 273 cm³/mol. The van der Waals surface area contributed by atoms with Crippen molar-refractivity contribution in [1.29, 1.82) is 5.26 Å². The van der Waals surface area contributed by atoms with Crippen molar-refractivity contribution in [3.63, 3.8) is 0 Å². The van der Waals surface area contributed by atoms with Gasteiger partial charge in [-0.3, -0.25) is 0 Å². The molecule has 0 spiro atoms. The number of fused-ring (bicyclic) bond motifs is 3. The van der Waals surface area contributed by atoms with Gasteiger partial charge >= 0.3 is 6.18 Å². The zero-order valence-electron chi connectivity index (χ0n) is 37.4. The van der Waals surface area contributed by atoms with E-state index >= 15 is 0 Å². The van der Waals surface area contributed by atoms with Crippen molar-refractivity contribution >= 4 is 27.5 Å². The molecule has 0 amide bonds. The van der Waals surface area contributed by atoms with Gasteiger partial charge in [0.05, 0.1) is 40.5 Å². The number of rotatable bonds is 8. The smallest absolute Gasteiger partial charge is 0.308 e. The van der Waals surface area contributed by atoms with Crippen LogP contribution in [0.4, 0.5) is 18.9 Å². The minimum Gasteiger partial charge on any atom is -0.308 e. The molecule has 0 saturated carbocycles. The fourth-order valence-corrected chi connectivity index (χ4v) is 9.04. The van der Waals surface area contributed by atoms with E-state index < -0.39 is 11.7 Å². The lowest BCUT2D eigenvalue weighted by atomic mass is 9.91. The molecule has 332 valence electrons. The molecular weight excluding hydrogens is 874 g/mol. The maximum atomic E-state index is 14.3. The average molecular weight is 911 g/mol. The van der Waals surface area contributed by atoms with E-state index in [0.717, 1.165) is 89.7 Å². The lowest BCUT2D eigenvalue weighted by Crippen LogP contribution is -2.05. The normalized spacial score (nSPS) is 11.4. The number of hydrogen-bond donors (Lipinski definition) is 0. The third-order valence-electron chi connectivity index (χ3n) is 12.6. The van der Waals surface area contributed by atoms with E-state index in [2.05, 4.69) is 82.2 Å². The molecule has 9 heteroatoms. The van der Waals surface area contributed by atoms with E-state index in [4.69, 9.17) is 21.5 Å². The highest BCUT2D eigenvalue weighted by Gasteiger charge is 2.31. The van der Waals surface area contributed by atoms with Gasteiger partial charge in [-0.05, 0) is 101 Å². The van der Waals surface area contributed by atoms with Crippen molar-refractivity contribution in [3.05, 3.63) is 234 Å². The molecule has 0 unspecified atom stereocenters. The molecule has 0 aliphatic rings. The van der Waals surface area contributed by atoms with Crippen LogP contribution >= 0.6 is 0 Å². The molecule has 0 aliphatic heterocycles. The lowest BCUT2D eigenvalue weighted by Gasteiger charge is -2.21. The lowest BCUT2D eigenvalue weighted by molar-refractivity contribution is -0.137.